The Morgan fingerprint density at radius 3 is 2.62 bits per heavy atom. The van der Waals surface area contributed by atoms with Crippen LogP contribution in [0.1, 0.15) is 39.5 Å². The van der Waals surface area contributed by atoms with Gasteiger partial charge in [-0.2, -0.15) is 0 Å². The van der Waals surface area contributed by atoms with Crippen molar-refractivity contribution in [2.24, 2.45) is 5.41 Å². The Kier molecular flexibility index (Phi) is 5.51. The van der Waals surface area contributed by atoms with E-state index in [1.807, 2.05) is 0 Å². The molecule has 2 saturated heterocycles. The molecule has 0 aromatic rings. The molecule has 0 spiro atoms. The zero-order valence-corrected chi connectivity index (χ0v) is 11.2. The fourth-order valence-electron chi connectivity index (χ4n) is 2.36. The van der Waals surface area contributed by atoms with E-state index in [0.29, 0.717) is 11.5 Å². The quantitative estimate of drug-likeness (QED) is 0.783. The molecule has 0 aromatic heterocycles. The van der Waals surface area contributed by atoms with Crippen molar-refractivity contribution in [3.05, 3.63) is 0 Å². The van der Waals surface area contributed by atoms with Crippen molar-refractivity contribution in [1.82, 2.24) is 10.6 Å². The molecule has 2 N–H and O–H groups in total. The van der Waals surface area contributed by atoms with E-state index in [0.717, 1.165) is 19.6 Å². The second-order valence-corrected chi connectivity index (χ2v) is 5.73. The van der Waals surface area contributed by atoms with Crippen molar-refractivity contribution < 1.29 is 4.74 Å². The molecule has 0 aromatic carbocycles. The lowest BCUT2D eigenvalue weighted by atomic mass is 9.92. The molecular weight excluding hydrogens is 224 g/mol. The molecule has 2 fully saturated rings. The Labute approximate surface area is 105 Å². The summed E-state index contributed by atoms with van der Waals surface area (Å²) >= 11 is 0. The van der Waals surface area contributed by atoms with Crippen LogP contribution in [-0.2, 0) is 4.74 Å². The van der Waals surface area contributed by atoms with Crippen LogP contribution in [0.25, 0.3) is 0 Å². The lowest BCUT2D eigenvalue weighted by Crippen LogP contribution is -2.50. The van der Waals surface area contributed by atoms with Gasteiger partial charge in [0.1, 0.15) is 6.23 Å². The summed E-state index contributed by atoms with van der Waals surface area (Å²) in [6.07, 6.45) is 5.41. The van der Waals surface area contributed by atoms with Gasteiger partial charge in [-0.1, -0.05) is 20.3 Å². The molecule has 0 bridgehead atoms. The molecule has 0 saturated carbocycles. The fourth-order valence-corrected chi connectivity index (χ4v) is 2.36. The van der Waals surface area contributed by atoms with Crippen molar-refractivity contribution in [3.63, 3.8) is 0 Å². The number of rotatable bonds is 2. The maximum atomic E-state index is 5.84. The van der Waals surface area contributed by atoms with E-state index in [1.54, 1.807) is 0 Å². The van der Waals surface area contributed by atoms with Gasteiger partial charge in [-0.25, -0.2) is 0 Å². The zero-order valence-electron chi connectivity index (χ0n) is 10.4. The summed E-state index contributed by atoms with van der Waals surface area (Å²) in [5.41, 5.74) is 0.302. The number of piperidine rings is 1. The Bertz CT molecular complexity index is 195. The summed E-state index contributed by atoms with van der Waals surface area (Å²) in [7, 11) is 0. The zero-order chi connectivity index (χ0) is 10.7. The molecule has 96 valence electrons. The van der Waals surface area contributed by atoms with Gasteiger partial charge in [0.15, 0.2) is 0 Å². The fraction of sp³-hybridized carbons (Fsp3) is 1.00. The van der Waals surface area contributed by atoms with Gasteiger partial charge in [0, 0.05) is 24.4 Å². The van der Waals surface area contributed by atoms with Gasteiger partial charge < -0.3 is 10.1 Å². The van der Waals surface area contributed by atoms with E-state index in [2.05, 4.69) is 24.5 Å². The van der Waals surface area contributed by atoms with Crippen molar-refractivity contribution in [2.45, 2.75) is 51.8 Å². The smallest absolute Gasteiger partial charge is 0.109 e. The third-order valence-corrected chi connectivity index (χ3v) is 3.39. The number of nitrogens with one attached hydrogen (secondary N) is 2. The van der Waals surface area contributed by atoms with Crippen LogP contribution in [0.2, 0.25) is 0 Å². The first-order chi connectivity index (χ1) is 7.16. The average molecular weight is 249 g/mol. The van der Waals surface area contributed by atoms with Crippen LogP contribution in [-0.4, -0.2) is 32.0 Å². The normalized spacial score (nSPS) is 34.1. The summed E-state index contributed by atoms with van der Waals surface area (Å²) in [6.45, 7) is 7.63. The lowest BCUT2D eigenvalue weighted by molar-refractivity contribution is -0.0654. The summed E-state index contributed by atoms with van der Waals surface area (Å²) in [5, 5.41) is 7.06. The van der Waals surface area contributed by atoms with Crippen LogP contribution >= 0.6 is 12.4 Å². The highest BCUT2D eigenvalue weighted by Crippen LogP contribution is 2.21. The minimum atomic E-state index is 0. The second-order valence-electron chi connectivity index (χ2n) is 5.73. The number of halogens is 1. The van der Waals surface area contributed by atoms with Gasteiger partial charge in [-0.05, 0) is 19.4 Å². The van der Waals surface area contributed by atoms with Crippen LogP contribution in [0.15, 0.2) is 0 Å². The van der Waals surface area contributed by atoms with E-state index in [1.165, 1.54) is 25.8 Å². The van der Waals surface area contributed by atoms with Crippen LogP contribution in [0, 0.1) is 5.41 Å². The first-order valence-corrected chi connectivity index (χ1v) is 6.24. The first-order valence-electron chi connectivity index (χ1n) is 6.24. The summed E-state index contributed by atoms with van der Waals surface area (Å²) in [4.78, 5) is 0. The van der Waals surface area contributed by atoms with Crippen molar-refractivity contribution in [3.8, 4) is 0 Å². The predicted molar refractivity (Wildman–Crippen MR) is 69.0 cm³/mol. The van der Waals surface area contributed by atoms with E-state index in [4.69, 9.17) is 4.74 Å². The molecule has 4 heteroatoms. The molecule has 0 radical (unpaired) electrons. The molecular formula is C12H25ClN2O. The molecule has 2 unspecified atom stereocenters. The molecule has 2 heterocycles. The maximum Gasteiger partial charge on any atom is 0.109 e. The van der Waals surface area contributed by atoms with Crippen molar-refractivity contribution in [2.75, 3.05) is 19.7 Å². The van der Waals surface area contributed by atoms with Crippen molar-refractivity contribution >= 4 is 12.4 Å². The van der Waals surface area contributed by atoms with E-state index in [-0.39, 0.29) is 18.6 Å². The van der Waals surface area contributed by atoms with Gasteiger partial charge in [0.05, 0.1) is 6.61 Å². The minimum Gasteiger partial charge on any atom is -0.363 e. The van der Waals surface area contributed by atoms with E-state index >= 15 is 0 Å². The number of ether oxygens (including phenoxy) is 1. The van der Waals surface area contributed by atoms with Gasteiger partial charge in [-0.3, -0.25) is 5.32 Å². The summed E-state index contributed by atoms with van der Waals surface area (Å²) in [5.74, 6) is 0. The van der Waals surface area contributed by atoms with Crippen LogP contribution in [0.4, 0.5) is 0 Å². The molecule has 16 heavy (non-hydrogen) atoms. The molecule has 3 nitrogen and oxygen atoms in total. The Balaban J connectivity index is 0.00000128. The molecule has 0 amide bonds. The Morgan fingerprint density at radius 1 is 1.25 bits per heavy atom. The van der Waals surface area contributed by atoms with Crippen LogP contribution < -0.4 is 10.6 Å². The van der Waals surface area contributed by atoms with E-state index in [9.17, 15) is 0 Å². The number of hydrogen-bond donors (Lipinski definition) is 2. The van der Waals surface area contributed by atoms with Gasteiger partial charge in [0.25, 0.3) is 0 Å². The van der Waals surface area contributed by atoms with E-state index < -0.39 is 0 Å². The highest BCUT2D eigenvalue weighted by atomic mass is 35.5. The number of hydrogen-bond acceptors (Lipinski definition) is 3. The van der Waals surface area contributed by atoms with Gasteiger partial charge in [-0.15, -0.1) is 12.4 Å². The molecule has 2 aliphatic rings. The van der Waals surface area contributed by atoms with Crippen LogP contribution in [0.5, 0.6) is 0 Å². The first kappa shape index (κ1) is 14.2. The van der Waals surface area contributed by atoms with Crippen molar-refractivity contribution in [1.29, 1.82) is 0 Å². The molecule has 0 aliphatic carbocycles. The topological polar surface area (TPSA) is 33.3 Å². The highest BCUT2D eigenvalue weighted by Gasteiger charge is 2.28. The SMILES string of the molecule is CC1(C)CNC(CC2CCCCN2)OC1.Cl. The average Bonchev–Trinajstić information content (AvgIpc) is 2.23. The maximum absolute atomic E-state index is 5.84. The summed E-state index contributed by atoms with van der Waals surface area (Å²) in [6, 6.07) is 0.664. The Hall–Kier alpha value is 0.170. The van der Waals surface area contributed by atoms with Crippen LogP contribution in [0.3, 0.4) is 0 Å². The largest absolute Gasteiger partial charge is 0.363 e. The highest BCUT2D eigenvalue weighted by molar-refractivity contribution is 5.85. The minimum absolute atomic E-state index is 0. The third-order valence-electron chi connectivity index (χ3n) is 3.39. The van der Waals surface area contributed by atoms with Gasteiger partial charge >= 0.3 is 0 Å². The molecule has 2 aliphatic heterocycles. The lowest BCUT2D eigenvalue weighted by Gasteiger charge is -2.37. The molecule has 2 rings (SSSR count). The Morgan fingerprint density at radius 2 is 2.06 bits per heavy atom. The predicted octanol–water partition coefficient (Wildman–Crippen LogP) is 1.91. The second kappa shape index (κ2) is 6.20. The third kappa shape index (κ3) is 4.21. The summed E-state index contributed by atoms with van der Waals surface area (Å²) < 4.78 is 5.84. The standard InChI is InChI=1S/C12H24N2O.ClH/c1-12(2)8-14-11(15-9-12)7-10-5-3-4-6-13-10;/h10-11,13-14H,3-9H2,1-2H3;1H. The van der Waals surface area contributed by atoms with Gasteiger partial charge in [0.2, 0.25) is 0 Å². The molecule has 2 atom stereocenters. The monoisotopic (exact) mass is 248 g/mol.